The second-order valence-electron chi connectivity index (χ2n) is 7.14. The predicted molar refractivity (Wildman–Crippen MR) is 117 cm³/mol. The summed E-state index contributed by atoms with van der Waals surface area (Å²) in [6.45, 7) is 0.518. The van der Waals surface area contributed by atoms with E-state index >= 15 is 0 Å². The quantitative estimate of drug-likeness (QED) is 0.504. The molecule has 1 aliphatic rings. The minimum atomic E-state index is -0.120. The van der Waals surface area contributed by atoms with Crippen molar-refractivity contribution in [3.63, 3.8) is 0 Å². The second-order valence-corrected chi connectivity index (χ2v) is 7.14. The minimum Gasteiger partial charge on any atom is -0.372 e. The zero-order valence-electron chi connectivity index (χ0n) is 16.3. The molecule has 0 fully saturated rings. The molecule has 1 atom stereocenters. The topological polar surface area (TPSA) is 78.6 Å². The maximum Gasteiger partial charge on any atom is 0.135 e. The molecule has 3 heterocycles. The Morgan fingerprint density at radius 3 is 2.43 bits per heavy atom. The van der Waals surface area contributed by atoms with Crippen LogP contribution in [0.15, 0.2) is 79.1 Å². The Bertz CT molecular complexity index is 1210. The largest absolute Gasteiger partial charge is 0.372 e. The van der Waals surface area contributed by atoms with Crippen molar-refractivity contribution in [3.05, 3.63) is 90.3 Å². The van der Waals surface area contributed by atoms with Gasteiger partial charge in [0.05, 0.1) is 36.5 Å². The molecular formula is C24H20N6. The molecule has 2 N–H and O–H groups in total. The lowest BCUT2D eigenvalue weighted by atomic mass is 9.96. The van der Waals surface area contributed by atoms with Crippen molar-refractivity contribution in [2.45, 2.75) is 19.0 Å². The van der Waals surface area contributed by atoms with Gasteiger partial charge in [-0.1, -0.05) is 42.5 Å². The molecule has 5 rings (SSSR count). The third-order valence-corrected chi connectivity index (χ3v) is 5.28. The molecule has 1 aliphatic heterocycles. The summed E-state index contributed by atoms with van der Waals surface area (Å²) in [7, 11) is 0. The van der Waals surface area contributed by atoms with Crippen LogP contribution in [0.5, 0.6) is 0 Å². The normalized spacial score (nSPS) is 14.4. The fourth-order valence-electron chi connectivity index (χ4n) is 3.89. The Morgan fingerprint density at radius 2 is 1.67 bits per heavy atom. The Hall–Kier alpha value is -4.11. The first-order valence-corrected chi connectivity index (χ1v) is 9.91. The number of benzene rings is 2. The summed E-state index contributed by atoms with van der Waals surface area (Å²) in [6, 6.07) is 24.5. The van der Waals surface area contributed by atoms with Crippen molar-refractivity contribution < 1.29 is 0 Å². The molecule has 2 aromatic carbocycles. The standard InChI is InChI=1S/C24H20N6/c25-13-6-16-30-24-21(23(29-30)17-7-2-1-3-8-17)22(18-11-14-26-15-12-18)27-19-9-4-5-10-20(19)28-24/h1-5,7-12,14-15,22,27-28H,6,16H2/t22-/m1/s1. The first-order chi connectivity index (χ1) is 14.8. The molecule has 0 spiro atoms. The van der Waals surface area contributed by atoms with Gasteiger partial charge in [-0.2, -0.15) is 10.4 Å². The number of hydrogen-bond acceptors (Lipinski definition) is 5. The lowest BCUT2D eigenvalue weighted by Crippen LogP contribution is -2.12. The molecule has 6 heteroatoms. The van der Waals surface area contributed by atoms with E-state index in [2.05, 4.69) is 39.9 Å². The van der Waals surface area contributed by atoms with Crippen LogP contribution in [0.2, 0.25) is 0 Å². The van der Waals surface area contributed by atoms with Gasteiger partial charge >= 0.3 is 0 Å². The first-order valence-electron chi connectivity index (χ1n) is 9.91. The van der Waals surface area contributed by atoms with Crippen LogP contribution in [0, 0.1) is 11.3 Å². The lowest BCUT2D eigenvalue weighted by Gasteiger charge is -2.19. The average Bonchev–Trinajstić information content (AvgIpc) is 3.06. The van der Waals surface area contributed by atoms with Gasteiger partial charge in [0, 0.05) is 23.5 Å². The monoisotopic (exact) mass is 392 g/mol. The summed E-state index contributed by atoms with van der Waals surface area (Å²) in [6.07, 6.45) is 4.01. The third-order valence-electron chi connectivity index (χ3n) is 5.28. The van der Waals surface area contributed by atoms with Crippen LogP contribution in [0.1, 0.15) is 23.6 Å². The van der Waals surface area contributed by atoms with Crippen LogP contribution in [0.3, 0.4) is 0 Å². The Balaban J connectivity index is 1.77. The maximum atomic E-state index is 9.17. The number of nitriles is 1. The van der Waals surface area contributed by atoms with Crippen molar-refractivity contribution in [2.75, 3.05) is 10.6 Å². The highest BCUT2D eigenvalue weighted by molar-refractivity contribution is 5.83. The van der Waals surface area contributed by atoms with Crippen LogP contribution in [0.4, 0.5) is 17.2 Å². The summed E-state index contributed by atoms with van der Waals surface area (Å²) >= 11 is 0. The van der Waals surface area contributed by atoms with E-state index in [9.17, 15) is 0 Å². The molecule has 0 aliphatic carbocycles. The average molecular weight is 392 g/mol. The molecule has 0 saturated heterocycles. The van der Waals surface area contributed by atoms with Gasteiger partial charge in [-0.25, -0.2) is 4.68 Å². The van der Waals surface area contributed by atoms with E-state index in [1.165, 1.54) is 0 Å². The number of nitrogens with zero attached hydrogens (tertiary/aromatic N) is 4. The molecule has 0 amide bonds. The number of fused-ring (bicyclic) bond motifs is 2. The van der Waals surface area contributed by atoms with E-state index in [1.54, 1.807) is 0 Å². The molecule has 30 heavy (non-hydrogen) atoms. The van der Waals surface area contributed by atoms with Crippen molar-refractivity contribution in [2.24, 2.45) is 0 Å². The fourth-order valence-corrected chi connectivity index (χ4v) is 3.89. The van der Waals surface area contributed by atoms with Crippen LogP contribution in [-0.4, -0.2) is 14.8 Å². The van der Waals surface area contributed by atoms with E-state index in [0.717, 1.165) is 39.6 Å². The number of nitrogens with one attached hydrogen (secondary N) is 2. The third kappa shape index (κ3) is 3.16. The van der Waals surface area contributed by atoms with E-state index in [-0.39, 0.29) is 6.04 Å². The summed E-state index contributed by atoms with van der Waals surface area (Å²) < 4.78 is 1.92. The van der Waals surface area contributed by atoms with Gasteiger partial charge in [0.25, 0.3) is 0 Å². The number of anilines is 3. The van der Waals surface area contributed by atoms with E-state index in [1.807, 2.05) is 65.6 Å². The SMILES string of the molecule is N#CCCn1nc(-c2ccccc2)c2c1Nc1ccccc1N[C@@H]2c1ccncc1. The smallest absolute Gasteiger partial charge is 0.135 e. The highest BCUT2D eigenvalue weighted by Crippen LogP contribution is 2.44. The van der Waals surface area contributed by atoms with Gasteiger partial charge in [0.1, 0.15) is 11.5 Å². The molecule has 4 aromatic rings. The van der Waals surface area contributed by atoms with E-state index in [0.29, 0.717) is 13.0 Å². The van der Waals surface area contributed by atoms with Crippen molar-refractivity contribution in [1.29, 1.82) is 5.26 Å². The Morgan fingerprint density at radius 1 is 0.933 bits per heavy atom. The van der Waals surface area contributed by atoms with Gasteiger partial charge < -0.3 is 10.6 Å². The molecule has 0 radical (unpaired) electrons. The summed E-state index contributed by atoms with van der Waals surface area (Å²) in [5.74, 6) is 0.906. The van der Waals surface area contributed by atoms with Crippen LogP contribution >= 0.6 is 0 Å². The zero-order valence-corrected chi connectivity index (χ0v) is 16.3. The molecule has 0 unspecified atom stereocenters. The molecular weight excluding hydrogens is 372 g/mol. The number of aryl methyl sites for hydroxylation is 1. The summed E-state index contributed by atoms with van der Waals surface area (Å²) in [4.78, 5) is 4.19. The molecule has 2 aromatic heterocycles. The van der Waals surface area contributed by atoms with Gasteiger partial charge in [0.2, 0.25) is 0 Å². The number of para-hydroxylation sites is 2. The molecule has 6 nitrogen and oxygen atoms in total. The lowest BCUT2D eigenvalue weighted by molar-refractivity contribution is 0.637. The van der Waals surface area contributed by atoms with Gasteiger partial charge in [-0.15, -0.1) is 0 Å². The minimum absolute atomic E-state index is 0.120. The number of rotatable bonds is 4. The van der Waals surface area contributed by atoms with Crippen LogP contribution in [-0.2, 0) is 6.54 Å². The summed E-state index contributed by atoms with van der Waals surface area (Å²) in [5, 5.41) is 21.4. The van der Waals surface area contributed by atoms with Crippen molar-refractivity contribution in [3.8, 4) is 17.3 Å². The Labute approximate surface area is 174 Å². The van der Waals surface area contributed by atoms with Gasteiger partial charge in [-0.05, 0) is 29.8 Å². The number of pyridine rings is 1. The fraction of sp³-hybridized carbons (Fsp3) is 0.125. The molecule has 0 saturated carbocycles. The summed E-state index contributed by atoms with van der Waals surface area (Å²) in [5.41, 5.74) is 6.09. The van der Waals surface area contributed by atoms with Gasteiger partial charge in [0.15, 0.2) is 0 Å². The predicted octanol–water partition coefficient (Wildman–Crippen LogP) is 5.12. The highest BCUT2D eigenvalue weighted by Gasteiger charge is 2.30. The Kier molecular flexibility index (Phi) is 4.62. The number of aromatic nitrogens is 3. The number of hydrogen-bond donors (Lipinski definition) is 2. The van der Waals surface area contributed by atoms with Crippen molar-refractivity contribution >= 4 is 17.2 Å². The van der Waals surface area contributed by atoms with E-state index < -0.39 is 0 Å². The highest BCUT2D eigenvalue weighted by atomic mass is 15.3. The molecule has 0 bridgehead atoms. The first kappa shape index (κ1) is 18.0. The molecule has 146 valence electrons. The van der Waals surface area contributed by atoms with Gasteiger partial charge in [-0.3, -0.25) is 4.98 Å². The maximum absolute atomic E-state index is 9.17. The van der Waals surface area contributed by atoms with Crippen LogP contribution < -0.4 is 10.6 Å². The second kappa shape index (κ2) is 7.72. The van der Waals surface area contributed by atoms with E-state index in [4.69, 9.17) is 10.4 Å². The van der Waals surface area contributed by atoms with Crippen molar-refractivity contribution in [1.82, 2.24) is 14.8 Å². The zero-order chi connectivity index (χ0) is 20.3. The van der Waals surface area contributed by atoms with Crippen LogP contribution in [0.25, 0.3) is 11.3 Å².